The molecular weight excluding hydrogens is 459 g/mol. The van der Waals surface area contributed by atoms with Crippen LogP contribution in [0.15, 0.2) is 48.5 Å². The molecule has 7 nitrogen and oxygen atoms in total. The summed E-state index contributed by atoms with van der Waals surface area (Å²) in [4.78, 5) is 29.0. The summed E-state index contributed by atoms with van der Waals surface area (Å²) in [6, 6.07) is 14.2. The van der Waals surface area contributed by atoms with E-state index in [0.717, 1.165) is 16.8 Å². The second kappa shape index (κ2) is 10.3. The van der Waals surface area contributed by atoms with Crippen LogP contribution in [0, 0.1) is 19.7 Å². The van der Waals surface area contributed by atoms with Gasteiger partial charge in [-0.2, -0.15) is 5.10 Å². The van der Waals surface area contributed by atoms with Crippen molar-refractivity contribution in [2.45, 2.75) is 20.4 Å². The Bertz CT molecular complexity index is 1170. The Morgan fingerprint density at radius 3 is 2.29 bits per heavy atom. The molecule has 0 aliphatic carbocycles. The molecule has 1 saturated heterocycles. The lowest BCUT2D eigenvalue weighted by Crippen LogP contribution is -2.49. The number of carbonyl (C=O) groups is 2. The lowest BCUT2D eigenvalue weighted by atomic mass is 10.1. The molecule has 9 heteroatoms. The molecule has 1 amide bonds. The monoisotopic (exact) mass is 484 g/mol. The number of benzene rings is 2. The van der Waals surface area contributed by atoms with E-state index in [-0.39, 0.29) is 29.0 Å². The third-order valence-corrected chi connectivity index (χ3v) is 6.26. The molecule has 1 aromatic heterocycles. The first kappa shape index (κ1) is 23.8. The second-order valence-corrected chi connectivity index (χ2v) is 8.67. The molecule has 0 saturated carbocycles. The number of anilines is 1. The van der Waals surface area contributed by atoms with Gasteiger partial charge in [0, 0.05) is 31.9 Å². The van der Waals surface area contributed by atoms with Crippen LogP contribution in [-0.2, 0) is 16.1 Å². The number of hydrogen-bond donors (Lipinski definition) is 0. The SMILES string of the molecule is Cc1ccc(Cn2nc(C)c(C(=O)OCC(=O)N3CCN(c4ccc(F)cc4)CC3)c2Cl)cc1. The highest BCUT2D eigenvalue weighted by Gasteiger charge is 2.25. The van der Waals surface area contributed by atoms with Crippen molar-refractivity contribution in [3.8, 4) is 0 Å². The molecule has 1 aliphatic rings. The minimum absolute atomic E-state index is 0.169. The molecule has 34 heavy (non-hydrogen) atoms. The lowest BCUT2D eigenvalue weighted by molar-refractivity contribution is -0.134. The van der Waals surface area contributed by atoms with Gasteiger partial charge < -0.3 is 14.5 Å². The summed E-state index contributed by atoms with van der Waals surface area (Å²) in [5.41, 5.74) is 3.68. The Balaban J connectivity index is 1.31. The molecular formula is C25H26ClFN4O3. The molecule has 2 heterocycles. The highest BCUT2D eigenvalue weighted by Crippen LogP contribution is 2.22. The van der Waals surface area contributed by atoms with Gasteiger partial charge in [0.1, 0.15) is 16.5 Å². The molecule has 4 rings (SSSR count). The van der Waals surface area contributed by atoms with Gasteiger partial charge in [-0.05, 0) is 43.7 Å². The van der Waals surface area contributed by atoms with Crippen LogP contribution in [0.1, 0.15) is 27.2 Å². The van der Waals surface area contributed by atoms with Crippen LogP contribution >= 0.6 is 11.6 Å². The Morgan fingerprint density at radius 2 is 1.65 bits per heavy atom. The third kappa shape index (κ3) is 5.39. The van der Waals surface area contributed by atoms with Gasteiger partial charge >= 0.3 is 5.97 Å². The normalized spacial score (nSPS) is 13.8. The number of hydrogen-bond acceptors (Lipinski definition) is 5. The van der Waals surface area contributed by atoms with Crippen molar-refractivity contribution >= 4 is 29.2 Å². The van der Waals surface area contributed by atoms with E-state index >= 15 is 0 Å². The Kier molecular flexibility index (Phi) is 7.17. The van der Waals surface area contributed by atoms with Crippen molar-refractivity contribution in [3.63, 3.8) is 0 Å². The molecule has 3 aromatic rings. The summed E-state index contributed by atoms with van der Waals surface area (Å²) in [5.74, 6) is -1.22. The third-order valence-electron chi connectivity index (χ3n) is 5.87. The van der Waals surface area contributed by atoms with Crippen LogP contribution in [-0.4, -0.2) is 59.3 Å². The standard InChI is InChI=1S/C25H26ClFN4O3/c1-17-3-5-19(6-4-17)15-31-24(26)23(18(2)28-31)25(33)34-16-22(32)30-13-11-29(12-14-30)21-9-7-20(27)8-10-21/h3-10H,11-16H2,1-2H3. The van der Waals surface area contributed by atoms with Crippen molar-refractivity contribution in [3.05, 3.63) is 81.9 Å². The summed E-state index contributed by atoms with van der Waals surface area (Å²) in [5, 5.41) is 4.55. The quantitative estimate of drug-likeness (QED) is 0.497. The number of carbonyl (C=O) groups excluding carboxylic acids is 2. The maximum atomic E-state index is 13.1. The first-order valence-corrected chi connectivity index (χ1v) is 11.4. The summed E-state index contributed by atoms with van der Waals surface area (Å²) < 4.78 is 20.0. The van der Waals surface area contributed by atoms with Gasteiger partial charge in [-0.25, -0.2) is 13.9 Å². The van der Waals surface area contributed by atoms with Crippen molar-refractivity contribution < 1.29 is 18.7 Å². The van der Waals surface area contributed by atoms with E-state index in [2.05, 4.69) is 10.00 Å². The Hall–Kier alpha value is -3.39. The Labute approximate surface area is 202 Å². The molecule has 0 unspecified atom stereocenters. The fourth-order valence-electron chi connectivity index (χ4n) is 3.91. The van der Waals surface area contributed by atoms with Crippen LogP contribution < -0.4 is 4.90 Å². The van der Waals surface area contributed by atoms with Crippen molar-refractivity contribution in [1.82, 2.24) is 14.7 Å². The van der Waals surface area contributed by atoms with Crippen molar-refractivity contribution in [2.75, 3.05) is 37.7 Å². The number of aromatic nitrogens is 2. The molecule has 1 fully saturated rings. The highest BCUT2D eigenvalue weighted by molar-refractivity contribution is 6.32. The second-order valence-electron chi connectivity index (χ2n) is 8.31. The van der Waals surface area contributed by atoms with Gasteiger partial charge in [-0.1, -0.05) is 41.4 Å². The molecule has 178 valence electrons. The van der Waals surface area contributed by atoms with Crippen LogP contribution in [0.25, 0.3) is 0 Å². The number of piperazine rings is 1. The minimum Gasteiger partial charge on any atom is -0.452 e. The minimum atomic E-state index is -0.670. The van der Waals surface area contributed by atoms with E-state index in [9.17, 15) is 14.0 Å². The molecule has 0 spiro atoms. The average molecular weight is 485 g/mol. The van der Waals surface area contributed by atoms with Gasteiger partial charge in [0.2, 0.25) is 0 Å². The van der Waals surface area contributed by atoms with E-state index in [1.165, 1.54) is 12.1 Å². The zero-order valence-electron chi connectivity index (χ0n) is 19.1. The van der Waals surface area contributed by atoms with E-state index in [1.54, 1.807) is 28.6 Å². The Morgan fingerprint density at radius 1 is 1.00 bits per heavy atom. The summed E-state index contributed by atoms with van der Waals surface area (Å²) in [7, 11) is 0. The van der Waals surface area contributed by atoms with Gasteiger partial charge in [0.05, 0.1) is 12.2 Å². The molecule has 0 N–H and O–H groups in total. The van der Waals surface area contributed by atoms with Crippen molar-refractivity contribution in [1.29, 1.82) is 0 Å². The first-order valence-electron chi connectivity index (χ1n) is 11.1. The number of amides is 1. The van der Waals surface area contributed by atoms with Gasteiger partial charge in [-0.3, -0.25) is 4.79 Å². The van der Waals surface area contributed by atoms with Crippen LogP contribution in [0.2, 0.25) is 5.15 Å². The predicted molar refractivity (Wildman–Crippen MR) is 128 cm³/mol. The lowest BCUT2D eigenvalue weighted by Gasteiger charge is -2.36. The number of ether oxygens (including phenoxy) is 1. The fraction of sp³-hybridized carbons (Fsp3) is 0.320. The fourth-order valence-corrected chi connectivity index (χ4v) is 4.22. The van der Waals surface area contributed by atoms with Gasteiger partial charge in [-0.15, -0.1) is 0 Å². The van der Waals surface area contributed by atoms with Gasteiger partial charge in [0.25, 0.3) is 5.91 Å². The zero-order valence-corrected chi connectivity index (χ0v) is 19.9. The van der Waals surface area contributed by atoms with E-state index in [1.807, 2.05) is 31.2 Å². The van der Waals surface area contributed by atoms with Gasteiger partial charge in [0.15, 0.2) is 6.61 Å². The number of nitrogens with zero attached hydrogens (tertiary/aromatic N) is 4. The number of aryl methyl sites for hydroxylation is 2. The molecule has 0 radical (unpaired) electrons. The van der Waals surface area contributed by atoms with E-state index < -0.39 is 5.97 Å². The molecule has 0 bridgehead atoms. The number of halogens is 2. The predicted octanol–water partition coefficient (Wildman–Crippen LogP) is 3.85. The maximum absolute atomic E-state index is 13.1. The number of rotatable bonds is 6. The molecule has 2 aromatic carbocycles. The average Bonchev–Trinajstić information content (AvgIpc) is 3.12. The van der Waals surface area contributed by atoms with E-state index in [4.69, 9.17) is 16.3 Å². The van der Waals surface area contributed by atoms with E-state index in [0.29, 0.717) is 38.4 Å². The molecule has 0 atom stereocenters. The first-order chi connectivity index (χ1) is 16.3. The zero-order chi connectivity index (χ0) is 24.2. The highest BCUT2D eigenvalue weighted by atomic mass is 35.5. The molecule has 1 aliphatic heterocycles. The summed E-state index contributed by atoms with van der Waals surface area (Å²) >= 11 is 6.43. The van der Waals surface area contributed by atoms with Crippen LogP contribution in [0.5, 0.6) is 0 Å². The van der Waals surface area contributed by atoms with Crippen LogP contribution in [0.4, 0.5) is 10.1 Å². The smallest absolute Gasteiger partial charge is 0.343 e. The summed E-state index contributed by atoms with van der Waals surface area (Å²) in [6.07, 6.45) is 0. The largest absolute Gasteiger partial charge is 0.452 e. The maximum Gasteiger partial charge on any atom is 0.343 e. The summed E-state index contributed by atoms with van der Waals surface area (Å²) in [6.45, 7) is 5.95. The van der Waals surface area contributed by atoms with Crippen molar-refractivity contribution in [2.24, 2.45) is 0 Å². The van der Waals surface area contributed by atoms with Crippen LogP contribution in [0.3, 0.4) is 0 Å². The topological polar surface area (TPSA) is 67.7 Å². The number of esters is 1.